The summed E-state index contributed by atoms with van der Waals surface area (Å²) < 4.78 is 28.1. The summed E-state index contributed by atoms with van der Waals surface area (Å²) in [7, 11) is -3.76. The molecule has 0 aliphatic heterocycles. The van der Waals surface area contributed by atoms with Crippen LogP contribution in [0, 0.1) is 13.8 Å². The van der Waals surface area contributed by atoms with E-state index in [1.165, 1.54) is 18.2 Å². The highest BCUT2D eigenvalue weighted by Gasteiger charge is 2.16. The van der Waals surface area contributed by atoms with Gasteiger partial charge in [-0.15, -0.1) is 0 Å². The number of anilines is 2. The molecule has 0 heterocycles. The van der Waals surface area contributed by atoms with Gasteiger partial charge in [-0.05, 0) is 55.3 Å². The van der Waals surface area contributed by atoms with Crippen molar-refractivity contribution in [3.05, 3.63) is 45.9 Å². The van der Waals surface area contributed by atoms with Gasteiger partial charge in [0.25, 0.3) is 10.0 Å². The summed E-state index contributed by atoms with van der Waals surface area (Å²) in [5, 5.41) is 9.36. The third-order valence-electron chi connectivity index (χ3n) is 3.00. The number of nitrogens with two attached hydrogens (primary N) is 1. The molecule has 0 saturated heterocycles. The molecule has 0 aromatic heterocycles. The molecule has 5 nitrogen and oxygen atoms in total. The second kappa shape index (κ2) is 5.57. The van der Waals surface area contributed by atoms with E-state index in [1.54, 1.807) is 12.1 Å². The number of hydrogen-bond donors (Lipinski definition) is 3. The molecule has 0 bridgehead atoms. The minimum atomic E-state index is -3.76. The number of aromatic hydroxyl groups is 1. The van der Waals surface area contributed by atoms with Crippen molar-refractivity contribution in [1.82, 2.24) is 0 Å². The SMILES string of the molecule is Cc1cc(NS(=O)(=O)c2ccc(O)c(N)c2)cc(C)c1Br. The van der Waals surface area contributed by atoms with Crippen molar-refractivity contribution < 1.29 is 13.5 Å². The van der Waals surface area contributed by atoms with Crippen molar-refractivity contribution >= 4 is 37.3 Å². The van der Waals surface area contributed by atoms with E-state index in [0.717, 1.165) is 15.6 Å². The Kier molecular flexibility index (Phi) is 4.15. The van der Waals surface area contributed by atoms with E-state index < -0.39 is 10.0 Å². The minimum Gasteiger partial charge on any atom is -0.506 e. The van der Waals surface area contributed by atoms with E-state index >= 15 is 0 Å². The quantitative estimate of drug-likeness (QED) is 0.571. The summed E-state index contributed by atoms with van der Waals surface area (Å²) in [6.45, 7) is 3.76. The minimum absolute atomic E-state index is 0.00368. The molecule has 0 amide bonds. The number of aryl methyl sites for hydroxylation is 2. The zero-order chi connectivity index (χ0) is 15.8. The second-order valence-electron chi connectivity index (χ2n) is 4.75. The van der Waals surface area contributed by atoms with Gasteiger partial charge in [0.2, 0.25) is 0 Å². The Balaban J connectivity index is 2.39. The average molecular weight is 371 g/mol. The maximum Gasteiger partial charge on any atom is 0.261 e. The molecule has 21 heavy (non-hydrogen) atoms. The first-order valence-electron chi connectivity index (χ1n) is 6.09. The van der Waals surface area contributed by atoms with Gasteiger partial charge in [-0.2, -0.15) is 0 Å². The first kappa shape index (κ1) is 15.7. The van der Waals surface area contributed by atoms with Gasteiger partial charge in [-0.1, -0.05) is 15.9 Å². The Morgan fingerprint density at radius 2 is 1.71 bits per heavy atom. The highest BCUT2D eigenvalue weighted by Crippen LogP contribution is 2.28. The van der Waals surface area contributed by atoms with Crippen LogP contribution in [0.4, 0.5) is 11.4 Å². The van der Waals surface area contributed by atoms with Crippen LogP contribution in [0.3, 0.4) is 0 Å². The summed E-state index contributed by atoms with van der Waals surface area (Å²) in [5.74, 6) is -0.149. The van der Waals surface area contributed by atoms with Crippen molar-refractivity contribution in [2.75, 3.05) is 10.5 Å². The average Bonchev–Trinajstić information content (AvgIpc) is 2.38. The predicted octanol–water partition coefficient (Wildman–Crippen LogP) is 3.15. The number of nitrogen functional groups attached to an aromatic ring is 1. The van der Waals surface area contributed by atoms with Crippen molar-refractivity contribution in [1.29, 1.82) is 0 Å². The lowest BCUT2D eigenvalue weighted by Gasteiger charge is -2.12. The highest BCUT2D eigenvalue weighted by molar-refractivity contribution is 9.10. The van der Waals surface area contributed by atoms with Gasteiger partial charge in [0, 0.05) is 10.2 Å². The van der Waals surface area contributed by atoms with Gasteiger partial charge in [0.15, 0.2) is 0 Å². The van der Waals surface area contributed by atoms with Crippen molar-refractivity contribution in [2.45, 2.75) is 18.7 Å². The zero-order valence-corrected chi connectivity index (χ0v) is 13.9. The summed E-state index contributed by atoms with van der Waals surface area (Å²) in [5.41, 5.74) is 7.87. The lowest BCUT2D eigenvalue weighted by molar-refractivity contribution is 0.477. The Labute approximate surface area is 132 Å². The normalized spacial score (nSPS) is 11.4. The molecule has 112 valence electrons. The molecule has 0 aliphatic rings. The Morgan fingerprint density at radius 1 is 1.14 bits per heavy atom. The summed E-state index contributed by atoms with van der Waals surface area (Å²) in [6, 6.07) is 7.24. The topological polar surface area (TPSA) is 92.4 Å². The van der Waals surface area contributed by atoms with Gasteiger partial charge in [0.1, 0.15) is 5.75 Å². The molecule has 0 aliphatic carbocycles. The van der Waals surface area contributed by atoms with E-state index in [0.29, 0.717) is 5.69 Å². The fourth-order valence-electron chi connectivity index (χ4n) is 1.92. The highest BCUT2D eigenvalue weighted by atomic mass is 79.9. The van der Waals surface area contributed by atoms with Crippen LogP contribution in [0.2, 0.25) is 0 Å². The van der Waals surface area contributed by atoms with Crippen LogP contribution in [0.25, 0.3) is 0 Å². The maximum absolute atomic E-state index is 12.3. The lowest BCUT2D eigenvalue weighted by atomic mass is 10.1. The number of sulfonamides is 1. The smallest absolute Gasteiger partial charge is 0.261 e. The van der Waals surface area contributed by atoms with Crippen LogP contribution < -0.4 is 10.5 Å². The van der Waals surface area contributed by atoms with Gasteiger partial charge < -0.3 is 10.8 Å². The molecule has 4 N–H and O–H groups in total. The molecule has 0 fully saturated rings. The monoisotopic (exact) mass is 370 g/mol. The van der Waals surface area contributed by atoms with Crippen LogP contribution in [0.5, 0.6) is 5.75 Å². The number of phenols is 1. The van der Waals surface area contributed by atoms with E-state index in [-0.39, 0.29) is 16.3 Å². The summed E-state index contributed by atoms with van der Waals surface area (Å²) in [4.78, 5) is -0.00368. The molecule has 0 atom stereocenters. The largest absolute Gasteiger partial charge is 0.506 e. The van der Waals surface area contributed by atoms with Gasteiger partial charge in [-0.25, -0.2) is 8.42 Å². The lowest BCUT2D eigenvalue weighted by Crippen LogP contribution is -2.13. The summed E-state index contributed by atoms with van der Waals surface area (Å²) >= 11 is 3.43. The van der Waals surface area contributed by atoms with E-state index in [2.05, 4.69) is 20.7 Å². The Hall–Kier alpha value is -1.73. The van der Waals surface area contributed by atoms with Crippen LogP contribution >= 0.6 is 15.9 Å². The molecule has 2 rings (SSSR count). The molecular weight excluding hydrogens is 356 g/mol. The van der Waals surface area contributed by atoms with E-state index in [9.17, 15) is 13.5 Å². The fraction of sp³-hybridized carbons (Fsp3) is 0.143. The first-order chi connectivity index (χ1) is 9.70. The number of hydrogen-bond acceptors (Lipinski definition) is 4. The molecule has 0 radical (unpaired) electrons. The molecular formula is C14H15BrN2O3S. The van der Waals surface area contributed by atoms with Crippen molar-refractivity contribution in [3.63, 3.8) is 0 Å². The van der Waals surface area contributed by atoms with Gasteiger partial charge >= 0.3 is 0 Å². The molecule has 0 saturated carbocycles. The van der Waals surface area contributed by atoms with Gasteiger partial charge in [0.05, 0.1) is 10.6 Å². The molecule has 2 aromatic carbocycles. The Bertz CT molecular complexity index is 781. The maximum atomic E-state index is 12.3. The van der Waals surface area contributed by atoms with Crippen LogP contribution in [0.15, 0.2) is 39.7 Å². The third kappa shape index (κ3) is 3.30. The molecule has 2 aromatic rings. The first-order valence-corrected chi connectivity index (χ1v) is 8.36. The molecule has 0 spiro atoms. The number of halogens is 1. The van der Waals surface area contributed by atoms with Gasteiger partial charge in [-0.3, -0.25) is 4.72 Å². The van der Waals surface area contributed by atoms with E-state index in [4.69, 9.17) is 5.73 Å². The molecule has 7 heteroatoms. The number of nitrogens with one attached hydrogen (secondary N) is 1. The fourth-order valence-corrected chi connectivity index (χ4v) is 3.22. The molecule has 0 unspecified atom stereocenters. The van der Waals surface area contributed by atoms with Crippen molar-refractivity contribution in [3.8, 4) is 5.75 Å². The second-order valence-corrected chi connectivity index (χ2v) is 7.23. The third-order valence-corrected chi connectivity index (χ3v) is 5.63. The van der Waals surface area contributed by atoms with Crippen LogP contribution in [-0.2, 0) is 10.0 Å². The zero-order valence-electron chi connectivity index (χ0n) is 11.5. The van der Waals surface area contributed by atoms with Crippen LogP contribution in [-0.4, -0.2) is 13.5 Å². The number of phenolic OH excluding ortho intramolecular Hbond substituents is 1. The standard InChI is InChI=1S/C14H15BrN2O3S/c1-8-5-10(6-9(2)14(8)15)17-21(19,20)11-3-4-13(18)12(16)7-11/h3-7,17-18H,16H2,1-2H3. The van der Waals surface area contributed by atoms with Crippen molar-refractivity contribution in [2.24, 2.45) is 0 Å². The number of rotatable bonds is 3. The predicted molar refractivity (Wildman–Crippen MR) is 86.9 cm³/mol. The van der Waals surface area contributed by atoms with E-state index in [1.807, 2.05) is 13.8 Å². The van der Waals surface area contributed by atoms with Crippen LogP contribution in [0.1, 0.15) is 11.1 Å². The Morgan fingerprint density at radius 3 is 2.24 bits per heavy atom. The number of benzene rings is 2. The summed E-state index contributed by atoms with van der Waals surface area (Å²) in [6.07, 6.45) is 0.